The lowest BCUT2D eigenvalue weighted by molar-refractivity contribution is 0.221. The summed E-state index contributed by atoms with van der Waals surface area (Å²) in [5.41, 5.74) is 2.76. The van der Waals surface area contributed by atoms with Gasteiger partial charge in [-0.05, 0) is 43.6 Å². The van der Waals surface area contributed by atoms with Gasteiger partial charge in [0.2, 0.25) is 0 Å². The molecule has 1 aromatic heterocycles. The number of piperidine rings is 1. The molecule has 0 bridgehead atoms. The number of halogens is 1. The van der Waals surface area contributed by atoms with Crippen LogP contribution in [0.1, 0.15) is 24.8 Å². The summed E-state index contributed by atoms with van der Waals surface area (Å²) in [5, 5.41) is 1.38. The normalized spacial score (nSPS) is 17.4. The van der Waals surface area contributed by atoms with E-state index in [0.29, 0.717) is 0 Å². The molecule has 0 saturated carbocycles. The molecule has 1 fully saturated rings. The summed E-state index contributed by atoms with van der Waals surface area (Å²) in [4.78, 5) is 2.58. The molecule has 96 valence electrons. The Labute approximate surface area is 117 Å². The maximum Gasteiger partial charge on any atom is 0.0492 e. The minimum absolute atomic E-state index is 1.08. The Kier molecular flexibility index (Phi) is 3.44. The number of aromatic nitrogens is 1. The third-order valence-corrected chi connectivity index (χ3v) is 4.55. The van der Waals surface area contributed by atoms with Crippen molar-refractivity contribution in [2.75, 3.05) is 13.1 Å². The van der Waals surface area contributed by atoms with Gasteiger partial charge in [0, 0.05) is 35.2 Å². The van der Waals surface area contributed by atoms with Gasteiger partial charge in [-0.1, -0.05) is 28.4 Å². The fraction of sp³-hybridized carbons (Fsp3) is 0.467. The number of rotatable bonds is 2. The van der Waals surface area contributed by atoms with Crippen LogP contribution < -0.4 is 0 Å². The fourth-order valence-corrected chi connectivity index (χ4v) is 3.58. The molecule has 0 N–H and O–H groups in total. The van der Waals surface area contributed by atoms with E-state index in [-0.39, 0.29) is 0 Å². The van der Waals surface area contributed by atoms with Crippen molar-refractivity contribution in [2.24, 2.45) is 7.05 Å². The predicted octanol–water partition coefficient (Wildman–Crippen LogP) is 3.93. The van der Waals surface area contributed by atoms with Gasteiger partial charge in [-0.15, -0.1) is 0 Å². The Hall–Kier alpha value is -0.800. The third-order valence-electron chi connectivity index (χ3n) is 3.88. The summed E-state index contributed by atoms with van der Waals surface area (Å²) in [6.45, 7) is 3.58. The first-order valence-corrected chi connectivity index (χ1v) is 7.50. The van der Waals surface area contributed by atoms with Crippen LogP contribution in [0.4, 0.5) is 0 Å². The SMILES string of the molecule is Cn1cc(CN2CCCCC2)c2c(Br)cccc21. The molecule has 2 aromatic rings. The summed E-state index contributed by atoms with van der Waals surface area (Å²) in [6, 6.07) is 6.44. The van der Waals surface area contributed by atoms with E-state index in [9.17, 15) is 0 Å². The summed E-state index contributed by atoms with van der Waals surface area (Å²) in [5.74, 6) is 0. The van der Waals surface area contributed by atoms with Crippen molar-refractivity contribution >= 4 is 26.8 Å². The lowest BCUT2D eigenvalue weighted by Crippen LogP contribution is -2.28. The summed E-state index contributed by atoms with van der Waals surface area (Å²) < 4.78 is 3.45. The van der Waals surface area contributed by atoms with Crippen LogP contribution in [0, 0.1) is 0 Å². The van der Waals surface area contributed by atoms with Gasteiger partial charge in [-0.2, -0.15) is 0 Å². The smallest absolute Gasteiger partial charge is 0.0492 e. The first kappa shape index (κ1) is 12.2. The highest BCUT2D eigenvalue weighted by molar-refractivity contribution is 9.10. The van der Waals surface area contributed by atoms with E-state index in [1.165, 1.54) is 53.3 Å². The average molecular weight is 307 g/mol. The van der Waals surface area contributed by atoms with Crippen LogP contribution in [0.25, 0.3) is 10.9 Å². The number of hydrogen-bond acceptors (Lipinski definition) is 1. The van der Waals surface area contributed by atoms with Crippen LogP contribution in [0.3, 0.4) is 0 Å². The van der Waals surface area contributed by atoms with Gasteiger partial charge in [0.15, 0.2) is 0 Å². The molecular formula is C15H19BrN2. The number of nitrogens with zero attached hydrogens (tertiary/aromatic N) is 2. The minimum Gasteiger partial charge on any atom is -0.350 e. The van der Waals surface area contributed by atoms with Gasteiger partial charge in [-0.3, -0.25) is 4.90 Å². The number of aryl methyl sites for hydroxylation is 1. The van der Waals surface area contributed by atoms with Crippen molar-refractivity contribution in [3.8, 4) is 0 Å². The van der Waals surface area contributed by atoms with Crippen LogP contribution in [-0.2, 0) is 13.6 Å². The van der Waals surface area contributed by atoms with E-state index in [4.69, 9.17) is 0 Å². The lowest BCUT2D eigenvalue weighted by Gasteiger charge is -2.26. The molecule has 2 heterocycles. The number of fused-ring (bicyclic) bond motifs is 1. The van der Waals surface area contributed by atoms with Crippen molar-refractivity contribution in [1.82, 2.24) is 9.47 Å². The van der Waals surface area contributed by atoms with Crippen LogP contribution >= 0.6 is 15.9 Å². The number of benzene rings is 1. The van der Waals surface area contributed by atoms with Crippen molar-refractivity contribution in [3.63, 3.8) is 0 Å². The second kappa shape index (κ2) is 5.06. The minimum atomic E-state index is 1.08. The van der Waals surface area contributed by atoms with Crippen LogP contribution in [0.15, 0.2) is 28.9 Å². The molecule has 2 nitrogen and oxygen atoms in total. The second-order valence-electron chi connectivity index (χ2n) is 5.24. The molecule has 0 aliphatic carbocycles. The van der Waals surface area contributed by atoms with Crippen molar-refractivity contribution in [1.29, 1.82) is 0 Å². The third kappa shape index (κ3) is 2.21. The molecule has 0 radical (unpaired) electrons. The molecule has 3 rings (SSSR count). The van der Waals surface area contributed by atoms with Crippen LogP contribution in [0.2, 0.25) is 0 Å². The highest BCUT2D eigenvalue weighted by Gasteiger charge is 2.15. The van der Waals surface area contributed by atoms with E-state index in [1.807, 2.05) is 0 Å². The van der Waals surface area contributed by atoms with Gasteiger partial charge in [-0.25, -0.2) is 0 Å². The Morgan fingerprint density at radius 1 is 1.17 bits per heavy atom. The van der Waals surface area contributed by atoms with E-state index in [2.05, 4.69) is 56.8 Å². The van der Waals surface area contributed by atoms with Crippen molar-refractivity contribution < 1.29 is 0 Å². The zero-order valence-corrected chi connectivity index (χ0v) is 12.4. The lowest BCUT2D eigenvalue weighted by atomic mass is 10.1. The molecule has 0 spiro atoms. The zero-order chi connectivity index (χ0) is 12.5. The average Bonchev–Trinajstić information content (AvgIpc) is 2.69. The molecule has 1 aliphatic heterocycles. The molecule has 0 unspecified atom stereocenters. The Bertz CT molecular complexity index is 553. The highest BCUT2D eigenvalue weighted by Crippen LogP contribution is 2.29. The quantitative estimate of drug-likeness (QED) is 0.816. The summed E-state index contributed by atoms with van der Waals surface area (Å²) >= 11 is 3.69. The Morgan fingerprint density at radius 2 is 1.94 bits per heavy atom. The molecule has 1 aromatic carbocycles. The maximum absolute atomic E-state index is 3.69. The van der Waals surface area contributed by atoms with Crippen LogP contribution in [-0.4, -0.2) is 22.6 Å². The Balaban J connectivity index is 1.96. The Morgan fingerprint density at radius 3 is 2.72 bits per heavy atom. The fourth-order valence-electron chi connectivity index (χ4n) is 2.97. The molecule has 18 heavy (non-hydrogen) atoms. The molecule has 0 amide bonds. The standard InChI is InChI=1S/C15H19BrN2/c1-17-10-12(11-18-8-3-2-4-9-18)15-13(16)6-5-7-14(15)17/h5-7,10H,2-4,8-9,11H2,1H3. The topological polar surface area (TPSA) is 8.17 Å². The van der Waals surface area contributed by atoms with Gasteiger partial charge in [0.1, 0.15) is 0 Å². The maximum atomic E-state index is 3.69. The molecule has 0 atom stereocenters. The van der Waals surface area contributed by atoms with Gasteiger partial charge >= 0.3 is 0 Å². The second-order valence-corrected chi connectivity index (χ2v) is 6.09. The number of likely N-dealkylation sites (tertiary alicyclic amines) is 1. The highest BCUT2D eigenvalue weighted by atomic mass is 79.9. The van der Waals surface area contributed by atoms with Crippen molar-refractivity contribution in [2.45, 2.75) is 25.8 Å². The van der Waals surface area contributed by atoms with Gasteiger partial charge in [0.25, 0.3) is 0 Å². The summed E-state index contributed by atoms with van der Waals surface area (Å²) in [6.07, 6.45) is 6.39. The molecule has 1 saturated heterocycles. The molecule has 3 heteroatoms. The molecular weight excluding hydrogens is 288 g/mol. The first-order chi connectivity index (χ1) is 8.75. The monoisotopic (exact) mass is 306 g/mol. The number of hydrogen-bond donors (Lipinski definition) is 0. The zero-order valence-electron chi connectivity index (χ0n) is 10.8. The van der Waals surface area contributed by atoms with E-state index in [0.717, 1.165) is 6.54 Å². The predicted molar refractivity (Wildman–Crippen MR) is 79.7 cm³/mol. The van der Waals surface area contributed by atoms with E-state index >= 15 is 0 Å². The first-order valence-electron chi connectivity index (χ1n) is 6.70. The van der Waals surface area contributed by atoms with Gasteiger partial charge in [0.05, 0.1) is 0 Å². The van der Waals surface area contributed by atoms with Crippen molar-refractivity contribution in [3.05, 3.63) is 34.4 Å². The van der Waals surface area contributed by atoms with Crippen LogP contribution in [0.5, 0.6) is 0 Å². The van der Waals surface area contributed by atoms with E-state index in [1.54, 1.807) is 0 Å². The molecule has 1 aliphatic rings. The summed E-state index contributed by atoms with van der Waals surface area (Å²) in [7, 11) is 2.13. The van der Waals surface area contributed by atoms with E-state index < -0.39 is 0 Å². The largest absolute Gasteiger partial charge is 0.350 e. The van der Waals surface area contributed by atoms with Gasteiger partial charge < -0.3 is 4.57 Å².